The van der Waals surface area contributed by atoms with Gasteiger partial charge in [-0.25, -0.2) is 9.59 Å². The highest BCUT2D eigenvalue weighted by Gasteiger charge is 2.10. The van der Waals surface area contributed by atoms with Gasteiger partial charge in [0.1, 0.15) is 0 Å². The highest BCUT2D eigenvalue weighted by atomic mass is 35.5. The van der Waals surface area contributed by atoms with Crippen molar-refractivity contribution >= 4 is 23.5 Å². The van der Waals surface area contributed by atoms with Crippen LogP contribution in [0.1, 0.15) is 22.8 Å². The molecule has 0 bridgehead atoms. The Balaban J connectivity index is 3.04. The minimum Gasteiger partial charge on any atom is -0.478 e. The van der Waals surface area contributed by atoms with E-state index in [1.54, 1.807) is 6.92 Å². The van der Waals surface area contributed by atoms with Crippen molar-refractivity contribution in [2.75, 3.05) is 6.61 Å². The molecular formula is C12H9ClO4. The second-order valence-corrected chi connectivity index (χ2v) is 3.32. The smallest absolute Gasteiger partial charge is 0.384 e. The lowest BCUT2D eigenvalue weighted by atomic mass is 10.1. The molecule has 0 aliphatic carbocycles. The molecule has 5 heteroatoms. The summed E-state index contributed by atoms with van der Waals surface area (Å²) in [6, 6.07) is 4.39. The molecule has 4 nitrogen and oxygen atoms in total. The fraction of sp³-hybridized carbons (Fsp3) is 0.167. The highest BCUT2D eigenvalue weighted by Crippen LogP contribution is 2.20. The largest absolute Gasteiger partial charge is 0.478 e. The molecule has 1 aromatic carbocycles. The molecule has 0 saturated carbocycles. The van der Waals surface area contributed by atoms with Crippen LogP contribution in [-0.2, 0) is 9.53 Å². The van der Waals surface area contributed by atoms with E-state index in [1.165, 1.54) is 18.2 Å². The normalized spacial score (nSPS) is 9.06. The van der Waals surface area contributed by atoms with Crippen molar-refractivity contribution in [3.8, 4) is 11.8 Å². The average Bonchev–Trinajstić information content (AvgIpc) is 2.27. The van der Waals surface area contributed by atoms with Crippen molar-refractivity contribution in [2.45, 2.75) is 6.92 Å². The van der Waals surface area contributed by atoms with Crippen molar-refractivity contribution in [3.05, 3.63) is 34.3 Å². The molecule has 1 rings (SSSR count). The zero-order valence-corrected chi connectivity index (χ0v) is 9.75. The Morgan fingerprint density at radius 2 is 2.18 bits per heavy atom. The van der Waals surface area contributed by atoms with Gasteiger partial charge in [0.25, 0.3) is 0 Å². The quantitative estimate of drug-likeness (QED) is 0.645. The minimum atomic E-state index is -1.14. The maximum Gasteiger partial charge on any atom is 0.384 e. The van der Waals surface area contributed by atoms with E-state index in [-0.39, 0.29) is 22.8 Å². The van der Waals surface area contributed by atoms with Crippen LogP contribution in [0.3, 0.4) is 0 Å². The zero-order valence-electron chi connectivity index (χ0n) is 8.99. The van der Waals surface area contributed by atoms with E-state index < -0.39 is 11.9 Å². The SMILES string of the molecule is CCOC(=O)C#Cc1cccc(C(=O)O)c1Cl. The van der Waals surface area contributed by atoms with Gasteiger partial charge in [0.05, 0.1) is 17.2 Å². The van der Waals surface area contributed by atoms with E-state index in [1.807, 2.05) is 0 Å². The summed E-state index contributed by atoms with van der Waals surface area (Å²) in [5.74, 6) is 2.87. The average molecular weight is 253 g/mol. The standard InChI is InChI=1S/C12H9ClO4/c1-2-17-10(14)7-6-8-4-3-5-9(11(8)13)12(15)16/h3-5H,2H2,1H3,(H,15,16). The zero-order chi connectivity index (χ0) is 12.8. The van der Waals surface area contributed by atoms with Gasteiger partial charge in [-0.3, -0.25) is 0 Å². The van der Waals surface area contributed by atoms with E-state index in [0.717, 1.165) is 0 Å². The van der Waals surface area contributed by atoms with Gasteiger partial charge in [0.2, 0.25) is 0 Å². The lowest BCUT2D eigenvalue weighted by Crippen LogP contribution is -2.00. The minimum absolute atomic E-state index is 0.0109. The van der Waals surface area contributed by atoms with Gasteiger partial charge in [-0.05, 0) is 19.1 Å². The summed E-state index contributed by atoms with van der Waals surface area (Å²) in [5.41, 5.74) is 0.224. The molecule has 1 aromatic rings. The van der Waals surface area contributed by atoms with Crippen LogP contribution in [0.5, 0.6) is 0 Å². The van der Waals surface area contributed by atoms with Crippen LogP contribution < -0.4 is 0 Å². The number of hydrogen-bond acceptors (Lipinski definition) is 3. The Kier molecular flexibility index (Phi) is 4.56. The lowest BCUT2D eigenvalue weighted by Gasteiger charge is -2.00. The number of carboxylic acid groups (broad SMARTS) is 1. The molecule has 0 saturated heterocycles. The topological polar surface area (TPSA) is 63.6 Å². The van der Waals surface area contributed by atoms with Crippen molar-refractivity contribution in [3.63, 3.8) is 0 Å². The second kappa shape index (κ2) is 5.92. The summed E-state index contributed by atoms with van der Waals surface area (Å²) < 4.78 is 4.61. The fourth-order valence-corrected chi connectivity index (χ4v) is 1.33. The third kappa shape index (κ3) is 3.51. The first-order valence-electron chi connectivity index (χ1n) is 4.76. The van der Waals surface area contributed by atoms with E-state index in [9.17, 15) is 9.59 Å². The number of carbonyl (C=O) groups excluding carboxylic acids is 1. The Morgan fingerprint density at radius 3 is 2.76 bits per heavy atom. The molecule has 0 unspecified atom stereocenters. The number of hydrogen-bond donors (Lipinski definition) is 1. The van der Waals surface area contributed by atoms with Crippen molar-refractivity contribution in [1.29, 1.82) is 0 Å². The number of aromatic carboxylic acids is 1. The van der Waals surface area contributed by atoms with Crippen LogP contribution >= 0.6 is 11.6 Å². The van der Waals surface area contributed by atoms with Crippen LogP contribution in [0.4, 0.5) is 0 Å². The van der Waals surface area contributed by atoms with Gasteiger partial charge in [-0.1, -0.05) is 23.6 Å². The van der Waals surface area contributed by atoms with Crippen LogP contribution in [-0.4, -0.2) is 23.7 Å². The number of halogens is 1. The Bertz CT molecular complexity index is 511. The molecule has 1 N–H and O–H groups in total. The van der Waals surface area contributed by atoms with Crippen molar-refractivity contribution < 1.29 is 19.4 Å². The summed E-state index contributed by atoms with van der Waals surface area (Å²) in [5, 5.41) is 8.84. The summed E-state index contributed by atoms with van der Waals surface area (Å²) in [7, 11) is 0. The first-order chi connectivity index (χ1) is 8.06. The van der Waals surface area contributed by atoms with Gasteiger partial charge < -0.3 is 9.84 Å². The molecule has 0 fully saturated rings. The van der Waals surface area contributed by atoms with E-state index >= 15 is 0 Å². The third-order valence-electron chi connectivity index (χ3n) is 1.80. The first-order valence-corrected chi connectivity index (χ1v) is 5.14. The van der Waals surface area contributed by atoms with E-state index in [4.69, 9.17) is 16.7 Å². The summed E-state index contributed by atoms with van der Waals surface area (Å²) in [6.07, 6.45) is 0. The van der Waals surface area contributed by atoms with E-state index in [0.29, 0.717) is 0 Å². The molecule has 0 heterocycles. The van der Waals surface area contributed by atoms with Gasteiger partial charge in [-0.2, -0.15) is 0 Å². The monoisotopic (exact) mass is 252 g/mol. The molecule has 0 radical (unpaired) electrons. The van der Waals surface area contributed by atoms with Crippen molar-refractivity contribution in [2.24, 2.45) is 0 Å². The molecule has 0 amide bonds. The van der Waals surface area contributed by atoms with Gasteiger partial charge in [0, 0.05) is 11.5 Å². The molecule has 0 aliphatic heterocycles. The van der Waals surface area contributed by atoms with Crippen molar-refractivity contribution in [1.82, 2.24) is 0 Å². The molecular weight excluding hydrogens is 244 g/mol. The molecule has 0 aromatic heterocycles. The third-order valence-corrected chi connectivity index (χ3v) is 2.21. The molecule has 0 aliphatic rings. The predicted molar refractivity (Wildman–Crippen MR) is 61.9 cm³/mol. The Hall–Kier alpha value is -1.99. The maximum absolute atomic E-state index is 11.0. The molecule has 17 heavy (non-hydrogen) atoms. The Morgan fingerprint density at radius 1 is 1.47 bits per heavy atom. The van der Waals surface area contributed by atoms with Crippen LogP contribution in [0.25, 0.3) is 0 Å². The number of benzene rings is 1. The van der Waals surface area contributed by atoms with Gasteiger partial charge >= 0.3 is 11.9 Å². The fourth-order valence-electron chi connectivity index (χ4n) is 1.08. The Labute approximate surface area is 103 Å². The first kappa shape index (κ1) is 13.1. The van der Waals surface area contributed by atoms with Gasteiger partial charge in [-0.15, -0.1) is 0 Å². The number of carboxylic acids is 1. The number of esters is 1. The summed E-state index contributed by atoms with van der Waals surface area (Å²) in [4.78, 5) is 21.8. The molecule has 0 atom stereocenters. The molecule has 88 valence electrons. The molecule has 0 spiro atoms. The van der Waals surface area contributed by atoms with Crippen LogP contribution in [0.15, 0.2) is 18.2 Å². The van der Waals surface area contributed by atoms with E-state index in [2.05, 4.69) is 16.6 Å². The summed E-state index contributed by atoms with van der Waals surface area (Å²) >= 11 is 5.83. The summed E-state index contributed by atoms with van der Waals surface area (Å²) in [6.45, 7) is 1.90. The van der Waals surface area contributed by atoms with Crippen LogP contribution in [0.2, 0.25) is 5.02 Å². The number of carbonyl (C=O) groups is 2. The van der Waals surface area contributed by atoms with Gasteiger partial charge in [0.15, 0.2) is 0 Å². The number of ether oxygens (including phenoxy) is 1. The lowest BCUT2D eigenvalue weighted by molar-refractivity contribution is -0.136. The number of rotatable bonds is 2. The predicted octanol–water partition coefficient (Wildman–Crippen LogP) is 1.95. The van der Waals surface area contributed by atoms with Crippen LogP contribution in [0, 0.1) is 11.8 Å². The second-order valence-electron chi connectivity index (χ2n) is 2.94. The maximum atomic E-state index is 11.0. The highest BCUT2D eigenvalue weighted by molar-refractivity contribution is 6.34.